The van der Waals surface area contributed by atoms with E-state index in [9.17, 15) is 0 Å². The number of aryl methyl sites for hydroxylation is 2. The molecule has 92 valence electrons. The molecule has 1 rings (SSSR count). The predicted molar refractivity (Wildman–Crippen MR) is 73.1 cm³/mol. The van der Waals surface area contributed by atoms with Gasteiger partial charge in [0.25, 0.3) is 0 Å². The number of hydrogen-bond donors (Lipinski definition) is 0. The molecule has 0 aliphatic rings. The Morgan fingerprint density at radius 3 is 2.38 bits per heavy atom. The summed E-state index contributed by atoms with van der Waals surface area (Å²) in [6, 6.07) is 0. The lowest BCUT2D eigenvalue weighted by atomic mass is 9.89. The zero-order chi connectivity index (χ0) is 12.5. The Morgan fingerprint density at radius 2 is 2.00 bits per heavy atom. The molecule has 0 radical (unpaired) electrons. The van der Waals surface area contributed by atoms with Crippen molar-refractivity contribution in [2.24, 2.45) is 12.5 Å². The molecule has 0 amide bonds. The Bertz CT molecular complexity index is 366. The molecule has 4 heteroatoms. The van der Waals surface area contributed by atoms with Crippen LogP contribution in [0.15, 0.2) is 4.47 Å². The molecule has 0 fully saturated rings. The van der Waals surface area contributed by atoms with Gasteiger partial charge in [0.1, 0.15) is 0 Å². The largest absolute Gasteiger partial charge is 0.271 e. The average molecular weight is 308 g/mol. The molecule has 1 aromatic rings. The molecule has 2 nitrogen and oxygen atoms in total. The van der Waals surface area contributed by atoms with Gasteiger partial charge < -0.3 is 0 Å². The van der Waals surface area contributed by atoms with E-state index < -0.39 is 0 Å². The molecule has 0 saturated heterocycles. The maximum atomic E-state index is 6.37. The van der Waals surface area contributed by atoms with E-state index in [0.717, 1.165) is 23.0 Å². The highest BCUT2D eigenvalue weighted by atomic mass is 79.9. The van der Waals surface area contributed by atoms with Crippen LogP contribution in [0.2, 0.25) is 0 Å². The first-order valence-corrected chi connectivity index (χ1v) is 6.78. The van der Waals surface area contributed by atoms with E-state index in [1.165, 1.54) is 5.69 Å². The number of rotatable bonds is 3. The fourth-order valence-electron chi connectivity index (χ4n) is 1.65. The van der Waals surface area contributed by atoms with Crippen molar-refractivity contribution in [3.63, 3.8) is 0 Å². The fourth-order valence-corrected chi connectivity index (χ4v) is 2.29. The SMILES string of the molecule is Cc1nn(C)c(CCC(Cl)C(C)(C)C)c1Br. The van der Waals surface area contributed by atoms with Crippen LogP contribution in [-0.4, -0.2) is 15.2 Å². The highest BCUT2D eigenvalue weighted by molar-refractivity contribution is 9.10. The molecule has 1 atom stereocenters. The van der Waals surface area contributed by atoms with Crippen LogP contribution in [0.1, 0.15) is 38.6 Å². The van der Waals surface area contributed by atoms with Gasteiger partial charge in [-0.05, 0) is 41.1 Å². The first-order chi connectivity index (χ1) is 7.23. The number of halogens is 2. The van der Waals surface area contributed by atoms with Crippen LogP contribution in [0.25, 0.3) is 0 Å². The number of nitrogens with zero attached hydrogens (tertiary/aromatic N) is 2. The summed E-state index contributed by atoms with van der Waals surface area (Å²) in [6.07, 6.45) is 1.94. The summed E-state index contributed by atoms with van der Waals surface area (Å²) in [5, 5.41) is 4.57. The smallest absolute Gasteiger partial charge is 0.0738 e. The highest BCUT2D eigenvalue weighted by Gasteiger charge is 2.23. The third-order valence-corrected chi connectivity index (χ3v) is 4.74. The van der Waals surface area contributed by atoms with E-state index in [-0.39, 0.29) is 10.8 Å². The summed E-state index contributed by atoms with van der Waals surface area (Å²) in [6.45, 7) is 8.53. The lowest BCUT2D eigenvalue weighted by Crippen LogP contribution is -2.21. The van der Waals surface area contributed by atoms with E-state index in [0.29, 0.717) is 0 Å². The lowest BCUT2D eigenvalue weighted by Gasteiger charge is -2.25. The zero-order valence-electron chi connectivity index (χ0n) is 10.6. The lowest BCUT2D eigenvalue weighted by molar-refractivity contribution is 0.372. The molecule has 1 aromatic heterocycles. The minimum atomic E-state index is 0.154. The van der Waals surface area contributed by atoms with Crippen molar-refractivity contribution in [3.05, 3.63) is 15.9 Å². The third-order valence-electron chi connectivity index (χ3n) is 2.84. The summed E-state index contributed by atoms with van der Waals surface area (Å²) in [5.74, 6) is 0. The fraction of sp³-hybridized carbons (Fsp3) is 0.750. The summed E-state index contributed by atoms with van der Waals surface area (Å²) >= 11 is 9.95. The molecule has 16 heavy (non-hydrogen) atoms. The van der Waals surface area contributed by atoms with Crippen molar-refractivity contribution >= 4 is 27.5 Å². The third kappa shape index (κ3) is 3.24. The van der Waals surface area contributed by atoms with Gasteiger partial charge in [-0.25, -0.2) is 0 Å². The second kappa shape index (κ2) is 5.09. The Morgan fingerprint density at radius 1 is 1.44 bits per heavy atom. The first kappa shape index (κ1) is 14.0. The molecule has 0 saturated carbocycles. The van der Waals surface area contributed by atoms with Crippen molar-refractivity contribution < 1.29 is 0 Å². The molecule has 1 unspecified atom stereocenters. The number of hydrogen-bond acceptors (Lipinski definition) is 1. The Kier molecular flexibility index (Phi) is 4.47. The van der Waals surface area contributed by atoms with E-state index in [1.807, 2.05) is 18.7 Å². The van der Waals surface area contributed by atoms with Crippen LogP contribution in [0.3, 0.4) is 0 Å². The summed E-state index contributed by atoms with van der Waals surface area (Å²) in [4.78, 5) is 0. The van der Waals surface area contributed by atoms with E-state index in [2.05, 4.69) is 41.8 Å². The number of alkyl halides is 1. The Hall–Kier alpha value is -0.0200. The van der Waals surface area contributed by atoms with Crippen LogP contribution in [0.5, 0.6) is 0 Å². The van der Waals surface area contributed by atoms with Gasteiger partial charge >= 0.3 is 0 Å². The maximum Gasteiger partial charge on any atom is 0.0738 e. The van der Waals surface area contributed by atoms with Crippen molar-refractivity contribution in [3.8, 4) is 0 Å². The molecule has 0 aliphatic carbocycles. The maximum absolute atomic E-state index is 6.37. The quantitative estimate of drug-likeness (QED) is 0.770. The van der Waals surface area contributed by atoms with E-state index >= 15 is 0 Å². The monoisotopic (exact) mass is 306 g/mol. The van der Waals surface area contributed by atoms with Gasteiger partial charge in [0.2, 0.25) is 0 Å². The highest BCUT2D eigenvalue weighted by Crippen LogP contribution is 2.29. The predicted octanol–water partition coefficient (Wildman–Crippen LogP) is 4.08. The van der Waals surface area contributed by atoms with Gasteiger partial charge in [0.15, 0.2) is 0 Å². The van der Waals surface area contributed by atoms with Crippen LogP contribution >= 0.6 is 27.5 Å². The van der Waals surface area contributed by atoms with Crippen LogP contribution in [-0.2, 0) is 13.5 Å². The van der Waals surface area contributed by atoms with Gasteiger partial charge in [-0.2, -0.15) is 5.10 Å². The minimum absolute atomic E-state index is 0.154. The van der Waals surface area contributed by atoms with Gasteiger partial charge in [-0.3, -0.25) is 4.68 Å². The standard InChI is InChI=1S/C12H20BrClN2/c1-8-11(13)9(16(5)15-8)6-7-10(14)12(2,3)4/h10H,6-7H2,1-5H3. The second-order valence-electron chi connectivity index (χ2n) is 5.34. The van der Waals surface area contributed by atoms with Gasteiger partial charge in [-0.1, -0.05) is 20.8 Å². The molecule has 0 N–H and O–H groups in total. The molecule has 0 aromatic carbocycles. The summed E-state index contributed by atoms with van der Waals surface area (Å²) in [5.41, 5.74) is 2.42. The van der Waals surface area contributed by atoms with Gasteiger partial charge in [0, 0.05) is 12.4 Å². The molecular weight excluding hydrogens is 288 g/mol. The number of aromatic nitrogens is 2. The first-order valence-electron chi connectivity index (χ1n) is 5.55. The normalized spacial score (nSPS) is 14.2. The van der Waals surface area contributed by atoms with E-state index in [4.69, 9.17) is 11.6 Å². The van der Waals surface area contributed by atoms with Crippen molar-refractivity contribution in [1.29, 1.82) is 0 Å². The summed E-state index contributed by atoms with van der Waals surface area (Å²) in [7, 11) is 1.98. The molecule has 0 bridgehead atoms. The Labute approximate surface area is 111 Å². The Balaban J connectivity index is 2.68. The summed E-state index contributed by atoms with van der Waals surface area (Å²) < 4.78 is 3.05. The van der Waals surface area contributed by atoms with Gasteiger partial charge in [-0.15, -0.1) is 11.6 Å². The molecule has 1 heterocycles. The topological polar surface area (TPSA) is 17.8 Å². The van der Waals surface area contributed by atoms with E-state index in [1.54, 1.807) is 0 Å². The minimum Gasteiger partial charge on any atom is -0.271 e. The van der Waals surface area contributed by atoms with Crippen molar-refractivity contribution in [2.45, 2.75) is 45.9 Å². The second-order valence-corrected chi connectivity index (χ2v) is 6.66. The van der Waals surface area contributed by atoms with Crippen LogP contribution in [0, 0.1) is 12.3 Å². The van der Waals surface area contributed by atoms with Crippen molar-refractivity contribution in [2.75, 3.05) is 0 Å². The zero-order valence-corrected chi connectivity index (χ0v) is 13.0. The molecule has 0 aliphatic heterocycles. The average Bonchev–Trinajstić information content (AvgIpc) is 2.37. The molecule has 0 spiro atoms. The van der Waals surface area contributed by atoms with Crippen LogP contribution in [0.4, 0.5) is 0 Å². The molecular formula is C12H20BrClN2. The van der Waals surface area contributed by atoms with Crippen LogP contribution < -0.4 is 0 Å². The van der Waals surface area contributed by atoms with Gasteiger partial charge in [0.05, 0.1) is 15.9 Å². The van der Waals surface area contributed by atoms with Crippen molar-refractivity contribution in [1.82, 2.24) is 9.78 Å².